The smallest absolute Gasteiger partial charge is 0.331 e. The fourth-order valence-electron chi connectivity index (χ4n) is 2.05. The summed E-state index contributed by atoms with van der Waals surface area (Å²) in [4.78, 5) is 24.2. The molecule has 2 rings (SSSR count). The van der Waals surface area contributed by atoms with Gasteiger partial charge >= 0.3 is 5.69 Å². The average Bonchev–Trinajstić information content (AvgIpc) is 2.32. The Balaban J connectivity index is 2.92. The minimum atomic E-state index is -0.303. The summed E-state index contributed by atoms with van der Waals surface area (Å²) in [5.74, 6) is 0.320. The van der Waals surface area contributed by atoms with Crippen LogP contribution in [0.25, 0.3) is 10.9 Å². The summed E-state index contributed by atoms with van der Waals surface area (Å²) >= 11 is 0. The number of hydrogen-bond acceptors (Lipinski definition) is 3. The molecule has 1 aromatic carbocycles. The first kappa shape index (κ1) is 12.4. The highest BCUT2D eigenvalue weighted by Crippen LogP contribution is 2.13. The van der Waals surface area contributed by atoms with Crippen LogP contribution in [0.3, 0.4) is 0 Å². The second-order valence-corrected chi connectivity index (χ2v) is 4.93. The predicted molar refractivity (Wildman–Crippen MR) is 72.7 cm³/mol. The van der Waals surface area contributed by atoms with Crippen LogP contribution in [0.5, 0.6) is 0 Å². The zero-order valence-corrected chi connectivity index (χ0v) is 10.8. The molecule has 0 amide bonds. The summed E-state index contributed by atoms with van der Waals surface area (Å²) in [5.41, 5.74) is 6.27. The lowest BCUT2D eigenvalue weighted by Crippen LogP contribution is -2.38. The van der Waals surface area contributed by atoms with Crippen LogP contribution in [0.2, 0.25) is 0 Å². The largest absolute Gasteiger partial charge is 0.399 e. The van der Waals surface area contributed by atoms with E-state index >= 15 is 0 Å². The second kappa shape index (κ2) is 4.33. The molecule has 2 N–H and O–H groups in total. The quantitative estimate of drug-likeness (QED) is 0.803. The van der Waals surface area contributed by atoms with Gasteiger partial charge in [-0.15, -0.1) is 0 Å². The molecule has 0 aliphatic carbocycles. The van der Waals surface area contributed by atoms with E-state index in [1.165, 1.54) is 7.05 Å². The molecule has 0 saturated heterocycles. The van der Waals surface area contributed by atoms with E-state index in [4.69, 9.17) is 5.73 Å². The Morgan fingerprint density at radius 2 is 1.94 bits per heavy atom. The molecule has 2 aromatic rings. The highest BCUT2D eigenvalue weighted by Gasteiger charge is 2.11. The summed E-state index contributed by atoms with van der Waals surface area (Å²) in [6.07, 6.45) is 0. The monoisotopic (exact) mass is 247 g/mol. The Kier molecular flexibility index (Phi) is 2.98. The first-order chi connectivity index (χ1) is 8.41. The van der Waals surface area contributed by atoms with Crippen molar-refractivity contribution in [1.82, 2.24) is 9.13 Å². The van der Waals surface area contributed by atoms with Crippen molar-refractivity contribution >= 4 is 16.6 Å². The molecule has 0 radical (unpaired) electrons. The van der Waals surface area contributed by atoms with Gasteiger partial charge in [-0.1, -0.05) is 13.8 Å². The van der Waals surface area contributed by atoms with E-state index in [2.05, 4.69) is 0 Å². The van der Waals surface area contributed by atoms with E-state index in [9.17, 15) is 9.59 Å². The molecule has 5 nitrogen and oxygen atoms in total. The lowest BCUT2D eigenvalue weighted by molar-refractivity contribution is 0.502. The number of nitrogens with zero attached hydrogens (tertiary/aromatic N) is 2. The van der Waals surface area contributed by atoms with E-state index in [0.717, 1.165) is 4.57 Å². The predicted octanol–water partition coefficient (Wildman–Crippen LogP) is 0.938. The van der Waals surface area contributed by atoms with Crippen molar-refractivity contribution in [3.05, 3.63) is 39.0 Å². The Bertz CT molecular complexity index is 710. The number of fused-ring (bicyclic) bond motifs is 1. The van der Waals surface area contributed by atoms with Gasteiger partial charge in [-0.3, -0.25) is 13.9 Å². The van der Waals surface area contributed by atoms with E-state index in [1.807, 2.05) is 13.8 Å². The van der Waals surface area contributed by atoms with Crippen LogP contribution in [-0.2, 0) is 13.6 Å². The lowest BCUT2D eigenvalue weighted by atomic mass is 10.2. The fraction of sp³-hybridized carbons (Fsp3) is 0.385. The molecule has 1 aromatic heterocycles. The maximum absolute atomic E-state index is 12.1. The molecule has 0 atom stereocenters. The number of nitrogen functional groups attached to an aromatic ring is 1. The van der Waals surface area contributed by atoms with Gasteiger partial charge in [0.2, 0.25) is 0 Å². The second-order valence-electron chi connectivity index (χ2n) is 4.93. The molecule has 18 heavy (non-hydrogen) atoms. The number of rotatable bonds is 2. The molecule has 0 fully saturated rings. The molecule has 0 spiro atoms. The van der Waals surface area contributed by atoms with E-state index in [-0.39, 0.29) is 11.2 Å². The van der Waals surface area contributed by atoms with Crippen LogP contribution in [-0.4, -0.2) is 9.13 Å². The number of benzene rings is 1. The zero-order chi connectivity index (χ0) is 13.4. The van der Waals surface area contributed by atoms with Crippen molar-refractivity contribution in [2.45, 2.75) is 20.4 Å². The summed E-state index contributed by atoms with van der Waals surface area (Å²) in [5, 5.41) is 0.484. The third-order valence-corrected chi connectivity index (χ3v) is 2.91. The maximum Gasteiger partial charge on any atom is 0.331 e. The van der Waals surface area contributed by atoms with Gasteiger partial charge in [0.1, 0.15) is 0 Å². The normalized spacial score (nSPS) is 11.3. The molecule has 0 aliphatic heterocycles. The minimum Gasteiger partial charge on any atom is -0.399 e. The van der Waals surface area contributed by atoms with Crippen molar-refractivity contribution in [3.63, 3.8) is 0 Å². The summed E-state index contributed by atoms with van der Waals surface area (Å²) in [6, 6.07) is 5.06. The first-order valence-electron chi connectivity index (χ1n) is 5.91. The van der Waals surface area contributed by atoms with Crippen molar-refractivity contribution in [3.8, 4) is 0 Å². The van der Waals surface area contributed by atoms with Crippen LogP contribution < -0.4 is 17.0 Å². The lowest BCUT2D eigenvalue weighted by Gasteiger charge is -2.14. The summed E-state index contributed by atoms with van der Waals surface area (Å²) < 4.78 is 2.75. The molecular weight excluding hydrogens is 230 g/mol. The summed E-state index contributed by atoms with van der Waals surface area (Å²) in [6.45, 7) is 4.63. The Morgan fingerprint density at radius 1 is 1.28 bits per heavy atom. The van der Waals surface area contributed by atoms with E-state index in [1.54, 1.807) is 22.8 Å². The van der Waals surface area contributed by atoms with Crippen LogP contribution >= 0.6 is 0 Å². The molecule has 5 heteroatoms. The standard InChI is InChI=1S/C13H17N3O2/c1-8(2)7-16-11-5-4-9(14)6-10(11)12(17)15(3)13(16)18/h4-6,8H,7,14H2,1-3H3. The Hall–Kier alpha value is -2.04. The number of hydrogen-bond donors (Lipinski definition) is 1. The molecule has 0 unspecified atom stereocenters. The van der Waals surface area contributed by atoms with Gasteiger partial charge in [-0.05, 0) is 24.1 Å². The number of nitrogens with two attached hydrogens (primary N) is 1. The molecule has 0 saturated carbocycles. The molecule has 0 aliphatic rings. The number of aromatic nitrogens is 2. The first-order valence-corrected chi connectivity index (χ1v) is 5.91. The maximum atomic E-state index is 12.1. The SMILES string of the molecule is CC(C)Cn1c(=O)n(C)c(=O)c2cc(N)ccc21. The molecular formula is C13H17N3O2. The molecule has 1 heterocycles. The van der Waals surface area contributed by atoms with Gasteiger partial charge in [0.25, 0.3) is 5.56 Å². The average molecular weight is 247 g/mol. The minimum absolute atomic E-state index is 0.286. The van der Waals surface area contributed by atoms with Gasteiger partial charge in [0.15, 0.2) is 0 Å². The van der Waals surface area contributed by atoms with Crippen molar-refractivity contribution in [2.75, 3.05) is 5.73 Å². The van der Waals surface area contributed by atoms with Crippen molar-refractivity contribution < 1.29 is 0 Å². The molecule has 0 bridgehead atoms. The van der Waals surface area contributed by atoms with Gasteiger partial charge in [-0.25, -0.2) is 4.79 Å². The van der Waals surface area contributed by atoms with Crippen molar-refractivity contribution in [1.29, 1.82) is 0 Å². The molecule has 96 valence electrons. The zero-order valence-electron chi connectivity index (χ0n) is 10.8. The van der Waals surface area contributed by atoms with Crippen LogP contribution in [0, 0.1) is 5.92 Å². The van der Waals surface area contributed by atoms with Gasteiger partial charge in [-0.2, -0.15) is 0 Å². The third-order valence-electron chi connectivity index (χ3n) is 2.91. The Labute approximate surface area is 104 Å². The van der Waals surface area contributed by atoms with Gasteiger partial charge in [0.05, 0.1) is 10.9 Å². The highest BCUT2D eigenvalue weighted by atomic mass is 16.2. The fourth-order valence-corrected chi connectivity index (χ4v) is 2.05. The van der Waals surface area contributed by atoms with Crippen LogP contribution in [0.1, 0.15) is 13.8 Å². The topological polar surface area (TPSA) is 70.0 Å². The van der Waals surface area contributed by atoms with E-state index in [0.29, 0.717) is 29.1 Å². The van der Waals surface area contributed by atoms with Crippen molar-refractivity contribution in [2.24, 2.45) is 13.0 Å². The van der Waals surface area contributed by atoms with Crippen LogP contribution in [0.15, 0.2) is 27.8 Å². The third kappa shape index (κ3) is 1.92. The highest BCUT2D eigenvalue weighted by molar-refractivity contribution is 5.81. The van der Waals surface area contributed by atoms with Crippen LogP contribution in [0.4, 0.5) is 5.69 Å². The number of anilines is 1. The summed E-state index contributed by atoms with van der Waals surface area (Å²) in [7, 11) is 1.49. The Morgan fingerprint density at radius 3 is 2.56 bits per heavy atom. The van der Waals surface area contributed by atoms with Gasteiger partial charge in [0, 0.05) is 19.3 Å². The van der Waals surface area contributed by atoms with E-state index < -0.39 is 0 Å². The van der Waals surface area contributed by atoms with Gasteiger partial charge < -0.3 is 5.73 Å².